The molecule has 2 aliphatic heterocycles. The van der Waals surface area contributed by atoms with E-state index in [0.717, 1.165) is 10.0 Å². The Balaban J connectivity index is 1.68. The van der Waals surface area contributed by atoms with Crippen molar-refractivity contribution in [2.24, 2.45) is 0 Å². The summed E-state index contributed by atoms with van der Waals surface area (Å²) in [6.07, 6.45) is -2.28. The lowest BCUT2D eigenvalue weighted by atomic mass is 10.1. The Labute approximate surface area is 142 Å². The van der Waals surface area contributed by atoms with Crippen LogP contribution in [0.25, 0.3) is 0 Å². The molecule has 0 N–H and O–H groups in total. The zero-order chi connectivity index (χ0) is 16.6. The van der Waals surface area contributed by atoms with Crippen LogP contribution in [0.2, 0.25) is 0 Å². The first-order chi connectivity index (χ1) is 10.9. The van der Waals surface area contributed by atoms with Crippen LogP contribution in [-0.4, -0.2) is 42.5 Å². The number of carbonyl (C=O) groups excluding carboxylic acids is 2. The Morgan fingerprint density at radius 3 is 2.57 bits per heavy atom. The molecule has 6 nitrogen and oxygen atoms in total. The molecule has 23 heavy (non-hydrogen) atoms. The number of esters is 1. The summed E-state index contributed by atoms with van der Waals surface area (Å²) in [7, 11) is 0. The van der Waals surface area contributed by atoms with Crippen LogP contribution in [0.15, 0.2) is 28.7 Å². The van der Waals surface area contributed by atoms with Gasteiger partial charge < -0.3 is 18.9 Å². The number of Topliss-reactive ketones (excluding diaryl/α,β-unsaturated/α-hetero) is 1. The van der Waals surface area contributed by atoms with Crippen LogP contribution in [0.1, 0.15) is 19.4 Å². The van der Waals surface area contributed by atoms with Gasteiger partial charge in [0.05, 0.1) is 13.2 Å². The maximum absolute atomic E-state index is 12.0. The molecule has 3 atom stereocenters. The number of carbonyl (C=O) groups is 2. The van der Waals surface area contributed by atoms with Crippen molar-refractivity contribution in [3.05, 3.63) is 34.3 Å². The van der Waals surface area contributed by atoms with Crippen molar-refractivity contribution < 1.29 is 28.5 Å². The molecule has 1 aromatic carbocycles. The Kier molecular flexibility index (Phi) is 4.55. The highest BCUT2D eigenvalue weighted by molar-refractivity contribution is 9.10. The van der Waals surface area contributed by atoms with Crippen LogP contribution in [0.3, 0.4) is 0 Å². The molecular formula is C16H17BrO6. The van der Waals surface area contributed by atoms with E-state index in [1.807, 2.05) is 24.3 Å². The second kappa shape index (κ2) is 6.32. The van der Waals surface area contributed by atoms with E-state index in [0.29, 0.717) is 0 Å². The van der Waals surface area contributed by atoms with Gasteiger partial charge in [0.2, 0.25) is 0 Å². The molecule has 0 aliphatic carbocycles. The number of ether oxygens (including phenoxy) is 4. The number of halogens is 1. The zero-order valence-electron chi connectivity index (χ0n) is 12.8. The van der Waals surface area contributed by atoms with Crippen molar-refractivity contribution in [1.29, 1.82) is 0 Å². The van der Waals surface area contributed by atoms with Crippen molar-refractivity contribution in [2.45, 2.75) is 44.6 Å². The third kappa shape index (κ3) is 3.63. The zero-order valence-corrected chi connectivity index (χ0v) is 14.4. The van der Waals surface area contributed by atoms with Crippen molar-refractivity contribution in [1.82, 2.24) is 0 Å². The van der Waals surface area contributed by atoms with E-state index in [9.17, 15) is 9.59 Å². The molecule has 2 aliphatic rings. The van der Waals surface area contributed by atoms with Gasteiger partial charge in [-0.2, -0.15) is 0 Å². The van der Waals surface area contributed by atoms with E-state index in [-0.39, 0.29) is 13.2 Å². The van der Waals surface area contributed by atoms with Gasteiger partial charge in [0.1, 0.15) is 6.10 Å². The molecule has 3 unspecified atom stereocenters. The summed E-state index contributed by atoms with van der Waals surface area (Å²) in [6, 6.07) is 7.51. The lowest BCUT2D eigenvalue weighted by Crippen LogP contribution is -2.41. The molecule has 1 aromatic rings. The predicted octanol–water partition coefficient (Wildman–Crippen LogP) is 1.98. The lowest BCUT2D eigenvalue weighted by Gasteiger charge is -2.23. The van der Waals surface area contributed by atoms with E-state index in [1.54, 1.807) is 13.8 Å². The van der Waals surface area contributed by atoms with Gasteiger partial charge in [-0.3, -0.25) is 4.79 Å². The van der Waals surface area contributed by atoms with E-state index < -0.39 is 35.9 Å². The molecule has 7 heteroatoms. The first-order valence-electron chi connectivity index (χ1n) is 7.28. The molecule has 124 valence electrons. The van der Waals surface area contributed by atoms with E-state index in [2.05, 4.69) is 15.9 Å². The lowest BCUT2D eigenvalue weighted by molar-refractivity contribution is -0.168. The summed E-state index contributed by atoms with van der Waals surface area (Å²) in [5.74, 6) is -2.33. The monoisotopic (exact) mass is 384 g/mol. The van der Waals surface area contributed by atoms with Crippen LogP contribution in [-0.2, 0) is 35.1 Å². The van der Waals surface area contributed by atoms with E-state index >= 15 is 0 Å². The van der Waals surface area contributed by atoms with Gasteiger partial charge in [0.15, 0.2) is 18.0 Å². The first kappa shape index (κ1) is 16.6. The normalized spacial score (nSPS) is 29.8. The van der Waals surface area contributed by atoms with Gasteiger partial charge in [-0.1, -0.05) is 28.1 Å². The van der Waals surface area contributed by atoms with Gasteiger partial charge in [-0.25, -0.2) is 4.79 Å². The van der Waals surface area contributed by atoms with E-state index in [1.165, 1.54) is 0 Å². The highest BCUT2D eigenvalue weighted by atomic mass is 79.9. The molecule has 3 rings (SSSR count). The summed E-state index contributed by atoms with van der Waals surface area (Å²) in [5.41, 5.74) is 0.892. The van der Waals surface area contributed by atoms with Gasteiger partial charge >= 0.3 is 5.97 Å². The largest absolute Gasteiger partial charge is 0.450 e. The number of rotatable bonds is 4. The van der Waals surface area contributed by atoms with Crippen molar-refractivity contribution in [3.63, 3.8) is 0 Å². The van der Waals surface area contributed by atoms with Crippen LogP contribution in [0.5, 0.6) is 0 Å². The van der Waals surface area contributed by atoms with Gasteiger partial charge in [0, 0.05) is 4.47 Å². The fourth-order valence-corrected chi connectivity index (χ4v) is 2.86. The molecular weight excluding hydrogens is 368 g/mol. The molecule has 0 amide bonds. The third-order valence-corrected chi connectivity index (χ3v) is 4.27. The number of ketones is 1. The maximum Gasteiger partial charge on any atom is 0.378 e. The van der Waals surface area contributed by atoms with Gasteiger partial charge in [0.25, 0.3) is 5.78 Å². The van der Waals surface area contributed by atoms with Crippen molar-refractivity contribution in [2.75, 3.05) is 6.61 Å². The minimum Gasteiger partial charge on any atom is -0.450 e. The molecule has 2 heterocycles. The summed E-state index contributed by atoms with van der Waals surface area (Å²) >= 11 is 3.36. The summed E-state index contributed by atoms with van der Waals surface area (Å²) in [4.78, 5) is 23.6. The standard InChI is InChI=1S/C16H17BrO6/c1-16(2)21-8-11(23-16)13-14(12(18)15(19)22-13)20-7-9-3-5-10(17)6-4-9/h3-6,11,13-14H,7-8H2,1-2H3. The first-order valence-corrected chi connectivity index (χ1v) is 8.08. The molecule has 2 saturated heterocycles. The average molecular weight is 385 g/mol. The smallest absolute Gasteiger partial charge is 0.378 e. The Hall–Kier alpha value is -1.28. The third-order valence-electron chi connectivity index (χ3n) is 3.74. The van der Waals surface area contributed by atoms with Crippen LogP contribution in [0.4, 0.5) is 0 Å². The highest BCUT2D eigenvalue weighted by Gasteiger charge is 2.52. The summed E-state index contributed by atoms with van der Waals surface area (Å²) in [5, 5.41) is 0. The number of benzene rings is 1. The second-order valence-electron chi connectivity index (χ2n) is 5.96. The van der Waals surface area contributed by atoms with Crippen LogP contribution in [0, 0.1) is 0 Å². The van der Waals surface area contributed by atoms with Crippen LogP contribution >= 0.6 is 15.9 Å². The molecule has 0 spiro atoms. The average Bonchev–Trinajstić information content (AvgIpc) is 3.00. The Bertz CT molecular complexity index is 612. The molecule has 0 radical (unpaired) electrons. The molecule has 0 bridgehead atoms. The van der Waals surface area contributed by atoms with Crippen LogP contribution < -0.4 is 0 Å². The molecule has 0 aromatic heterocycles. The minimum absolute atomic E-state index is 0.202. The second-order valence-corrected chi connectivity index (χ2v) is 6.88. The summed E-state index contributed by atoms with van der Waals surface area (Å²) in [6.45, 7) is 3.98. The quantitative estimate of drug-likeness (QED) is 0.583. The van der Waals surface area contributed by atoms with E-state index in [4.69, 9.17) is 18.9 Å². The number of cyclic esters (lactones) is 1. The SMILES string of the molecule is CC1(C)OCC(C2OC(=O)C(=O)C2OCc2ccc(Br)cc2)O1. The topological polar surface area (TPSA) is 71.1 Å². The molecule has 0 saturated carbocycles. The predicted molar refractivity (Wildman–Crippen MR) is 82.5 cm³/mol. The maximum atomic E-state index is 12.0. The van der Waals surface area contributed by atoms with Crippen molar-refractivity contribution in [3.8, 4) is 0 Å². The summed E-state index contributed by atoms with van der Waals surface area (Å²) < 4.78 is 22.9. The number of hydrogen-bond donors (Lipinski definition) is 0. The van der Waals surface area contributed by atoms with Gasteiger partial charge in [-0.15, -0.1) is 0 Å². The Morgan fingerprint density at radius 1 is 1.26 bits per heavy atom. The fraction of sp³-hybridized carbons (Fsp3) is 0.500. The minimum atomic E-state index is -0.978. The number of hydrogen-bond acceptors (Lipinski definition) is 6. The van der Waals surface area contributed by atoms with Crippen molar-refractivity contribution >= 4 is 27.7 Å². The van der Waals surface area contributed by atoms with Gasteiger partial charge in [-0.05, 0) is 31.5 Å². The molecule has 2 fully saturated rings. The Morgan fingerprint density at radius 2 is 1.96 bits per heavy atom. The highest BCUT2D eigenvalue weighted by Crippen LogP contribution is 2.30. The fourth-order valence-electron chi connectivity index (χ4n) is 2.59.